The largest absolute Gasteiger partial charge is 0.481 e. The average Bonchev–Trinajstić information content (AvgIpc) is 3.19. The number of anilines is 1. The van der Waals surface area contributed by atoms with Crippen LogP contribution in [0.1, 0.15) is 25.3 Å². The Morgan fingerprint density at radius 2 is 1.82 bits per heavy atom. The highest BCUT2D eigenvalue weighted by atomic mass is 35.5. The third-order valence-corrected chi connectivity index (χ3v) is 6.26. The highest BCUT2D eigenvalue weighted by molar-refractivity contribution is 5.86. The minimum absolute atomic E-state index is 0. The highest BCUT2D eigenvalue weighted by Crippen LogP contribution is 2.23. The Balaban J connectivity index is 0.00000324. The van der Waals surface area contributed by atoms with Crippen LogP contribution in [0, 0.1) is 0 Å². The topological polar surface area (TPSA) is 59.8 Å². The van der Waals surface area contributed by atoms with Crippen molar-refractivity contribution < 1.29 is 14.3 Å². The molecule has 2 aromatic heterocycles. The lowest BCUT2D eigenvalue weighted by Crippen LogP contribution is -2.46. The van der Waals surface area contributed by atoms with Crippen LogP contribution in [0.25, 0.3) is 10.9 Å². The summed E-state index contributed by atoms with van der Waals surface area (Å²) in [4.78, 5) is 21.4. The third kappa shape index (κ3) is 6.42. The van der Waals surface area contributed by atoms with Crippen LogP contribution in [0.5, 0.6) is 5.88 Å². The van der Waals surface area contributed by atoms with Gasteiger partial charge in [0.05, 0.1) is 13.7 Å². The van der Waals surface area contributed by atoms with Gasteiger partial charge in [0.25, 0.3) is 0 Å². The first-order chi connectivity index (χ1) is 16.2. The molecule has 0 amide bonds. The molecule has 0 spiro atoms. The number of aryl methyl sites for hydroxylation is 1. The highest BCUT2D eigenvalue weighted by Gasteiger charge is 2.18. The van der Waals surface area contributed by atoms with E-state index in [0.29, 0.717) is 12.5 Å². The van der Waals surface area contributed by atoms with Gasteiger partial charge in [0.1, 0.15) is 12.4 Å². The van der Waals surface area contributed by atoms with Crippen molar-refractivity contribution in [3.05, 3.63) is 54.2 Å². The van der Waals surface area contributed by atoms with Crippen molar-refractivity contribution in [2.75, 3.05) is 51.3 Å². The Morgan fingerprint density at radius 3 is 2.59 bits per heavy atom. The molecule has 7 nitrogen and oxygen atoms in total. The van der Waals surface area contributed by atoms with E-state index in [2.05, 4.69) is 45.2 Å². The lowest BCUT2D eigenvalue weighted by molar-refractivity contribution is -0.143. The van der Waals surface area contributed by atoms with Crippen molar-refractivity contribution in [1.29, 1.82) is 0 Å². The number of esters is 1. The van der Waals surface area contributed by atoms with Gasteiger partial charge in [0, 0.05) is 49.3 Å². The molecule has 8 heteroatoms. The Bertz CT molecular complexity index is 1060. The van der Waals surface area contributed by atoms with E-state index < -0.39 is 0 Å². The van der Waals surface area contributed by atoms with Crippen LogP contribution in [-0.2, 0) is 22.5 Å². The Labute approximate surface area is 208 Å². The molecule has 1 aromatic carbocycles. The van der Waals surface area contributed by atoms with Gasteiger partial charge in [-0.15, -0.1) is 12.4 Å². The molecule has 3 heterocycles. The van der Waals surface area contributed by atoms with Gasteiger partial charge < -0.3 is 18.9 Å². The number of benzene rings is 1. The van der Waals surface area contributed by atoms with E-state index in [1.165, 1.54) is 10.9 Å². The van der Waals surface area contributed by atoms with Gasteiger partial charge >= 0.3 is 5.97 Å². The van der Waals surface area contributed by atoms with E-state index >= 15 is 0 Å². The van der Waals surface area contributed by atoms with Crippen molar-refractivity contribution in [1.82, 2.24) is 14.5 Å². The number of fused-ring (bicyclic) bond motifs is 1. The second-order valence-corrected chi connectivity index (χ2v) is 8.43. The fraction of sp³-hybridized carbons (Fsp3) is 0.462. The lowest BCUT2D eigenvalue weighted by atomic mass is 10.1. The van der Waals surface area contributed by atoms with Crippen molar-refractivity contribution in [2.45, 2.75) is 32.7 Å². The number of halogens is 1. The number of unbranched alkanes of at least 4 members (excludes halogenated alkanes) is 1. The number of para-hydroxylation sites is 1. The van der Waals surface area contributed by atoms with Crippen LogP contribution < -0.4 is 9.64 Å². The molecule has 1 fully saturated rings. The zero-order valence-electron chi connectivity index (χ0n) is 20.1. The number of hydrogen-bond acceptors (Lipinski definition) is 6. The molecule has 0 aliphatic carbocycles. The maximum atomic E-state index is 12.0. The van der Waals surface area contributed by atoms with E-state index in [9.17, 15) is 4.79 Å². The fourth-order valence-electron chi connectivity index (χ4n) is 4.54. The smallest absolute Gasteiger partial charge is 0.325 e. The summed E-state index contributed by atoms with van der Waals surface area (Å²) in [6.07, 6.45) is 5.44. The number of aromatic nitrogens is 2. The third-order valence-electron chi connectivity index (χ3n) is 6.26. The van der Waals surface area contributed by atoms with Gasteiger partial charge in [0.15, 0.2) is 0 Å². The fourth-order valence-corrected chi connectivity index (χ4v) is 4.54. The van der Waals surface area contributed by atoms with Gasteiger partial charge in [-0.25, -0.2) is 0 Å². The van der Waals surface area contributed by atoms with E-state index in [0.717, 1.165) is 63.3 Å². The summed E-state index contributed by atoms with van der Waals surface area (Å²) in [5, 5.41) is 1.24. The number of carbonyl (C=O) groups excluding carboxylic acids is 1. The molecular formula is C26H35ClN4O3. The van der Waals surface area contributed by atoms with Gasteiger partial charge in [-0.2, -0.15) is 4.98 Å². The average molecular weight is 487 g/mol. The summed E-state index contributed by atoms with van der Waals surface area (Å²) in [6.45, 7) is 7.71. The SMILES string of the molecule is CCOC(=O)Cn1cc(CCCCN2CCN(c3cccc(OC)n3)CC2)c2ccccc21.Cl. The minimum Gasteiger partial charge on any atom is -0.481 e. The standard InChI is InChI=1S/C26H34N4O3.ClH/c1-3-33-26(31)20-30-19-21(22-10-4-5-11-23(22)30)9-6-7-14-28-15-17-29(18-16-28)24-12-8-13-25(27-24)32-2;/h4-5,8,10-13,19H,3,6-7,9,14-18,20H2,1-2H3;1H. The molecular weight excluding hydrogens is 452 g/mol. The minimum atomic E-state index is -0.187. The van der Waals surface area contributed by atoms with E-state index in [1.807, 2.05) is 29.7 Å². The second-order valence-electron chi connectivity index (χ2n) is 8.43. The van der Waals surface area contributed by atoms with Crippen LogP contribution >= 0.6 is 12.4 Å². The predicted molar refractivity (Wildman–Crippen MR) is 138 cm³/mol. The molecule has 1 aliphatic heterocycles. The summed E-state index contributed by atoms with van der Waals surface area (Å²) >= 11 is 0. The number of rotatable bonds is 10. The summed E-state index contributed by atoms with van der Waals surface area (Å²) in [5.41, 5.74) is 2.41. The zero-order valence-corrected chi connectivity index (χ0v) is 20.9. The molecule has 3 aromatic rings. The van der Waals surface area contributed by atoms with Crippen molar-refractivity contribution in [3.63, 3.8) is 0 Å². The number of hydrogen-bond donors (Lipinski definition) is 0. The monoisotopic (exact) mass is 486 g/mol. The van der Waals surface area contributed by atoms with Crippen molar-refractivity contribution >= 4 is 35.1 Å². The van der Waals surface area contributed by atoms with Crippen molar-refractivity contribution in [3.8, 4) is 5.88 Å². The molecule has 0 bridgehead atoms. The molecule has 0 N–H and O–H groups in total. The molecule has 4 rings (SSSR count). The summed E-state index contributed by atoms with van der Waals surface area (Å²) in [6, 6.07) is 14.3. The molecule has 184 valence electrons. The maximum Gasteiger partial charge on any atom is 0.325 e. The normalized spacial score (nSPS) is 14.1. The van der Waals surface area contributed by atoms with Gasteiger partial charge in [-0.1, -0.05) is 24.3 Å². The van der Waals surface area contributed by atoms with Gasteiger partial charge in [-0.05, 0) is 50.4 Å². The number of piperazine rings is 1. The van der Waals surface area contributed by atoms with Crippen molar-refractivity contribution in [2.24, 2.45) is 0 Å². The summed E-state index contributed by atoms with van der Waals surface area (Å²) in [5.74, 6) is 1.47. The molecule has 1 aliphatic rings. The first kappa shape index (κ1) is 25.8. The Hall–Kier alpha value is -2.77. The van der Waals surface area contributed by atoms with E-state index in [4.69, 9.17) is 9.47 Å². The van der Waals surface area contributed by atoms with Crippen LogP contribution in [0.2, 0.25) is 0 Å². The van der Waals surface area contributed by atoms with E-state index in [1.54, 1.807) is 7.11 Å². The first-order valence-electron chi connectivity index (χ1n) is 11.9. The van der Waals surface area contributed by atoms with Gasteiger partial charge in [0.2, 0.25) is 5.88 Å². The number of pyridine rings is 1. The number of ether oxygens (including phenoxy) is 2. The number of carbonyl (C=O) groups is 1. The zero-order chi connectivity index (χ0) is 23.0. The molecule has 34 heavy (non-hydrogen) atoms. The quantitative estimate of drug-likeness (QED) is 0.316. The molecule has 0 saturated carbocycles. The summed E-state index contributed by atoms with van der Waals surface area (Å²) in [7, 11) is 1.65. The Kier molecular flexibility index (Phi) is 9.60. The molecule has 0 atom stereocenters. The van der Waals surface area contributed by atoms with E-state index in [-0.39, 0.29) is 24.9 Å². The predicted octanol–water partition coefficient (Wildman–Crippen LogP) is 4.17. The number of nitrogens with zero attached hydrogens (tertiary/aromatic N) is 4. The van der Waals surface area contributed by atoms with Crippen LogP contribution in [0.3, 0.4) is 0 Å². The maximum absolute atomic E-state index is 12.0. The Morgan fingerprint density at radius 1 is 1.03 bits per heavy atom. The molecule has 1 saturated heterocycles. The van der Waals surface area contributed by atoms with Gasteiger partial charge in [-0.3, -0.25) is 9.69 Å². The number of methoxy groups -OCH3 is 1. The first-order valence-corrected chi connectivity index (χ1v) is 11.9. The van der Waals surface area contributed by atoms with Crippen LogP contribution in [-0.4, -0.2) is 66.9 Å². The van der Waals surface area contributed by atoms with Crippen LogP contribution in [0.4, 0.5) is 5.82 Å². The molecule has 0 unspecified atom stereocenters. The summed E-state index contributed by atoms with van der Waals surface area (Å²) < 4.78 is 12.4. The van der Waals surface area contributed by atoms with Crippen LogP contribution in [0.15, 0.2) is 48.7 Å². The lowest BCUT2D eigenvalue weighted by Gasteiger charge is -2.35. The molecule has 0 radical (unpaired) electrons. The second kappa shape index (κ2) is 12.6.